The van der Waals surface area contributed by atoms with Gasteiger partial charge in [-0.2, -0.15) is 11.3 Å². The van der Waals surface area contributed by atoms with Gasteiger partial charge in [0.1, 0.15) is 0 Å². The second-order valence-corrected chi connectivity index (χ2v) is 7.46. The minimum atomic E-state index is 0.527. The van der Waals surface area contributed by atoms with Crippen LogP contribution in [0.25, 0.3) is 0 Å². The molecule has 1 saturated carbocycles. The molecule has 1 aliphatic rings. The van der Waals surface area contributed by atoms with Crippen LogP contribution in [0.5, 0.6) is 0 Å². The van der Waals surface area contributed by atoms with Crippen molar-refractivity contribution in [2.75, 3.05) is 7.05 Å². The molecule has 18 heavy (non-hydrogen) atoms. The predicted octanol–water partition coefficient (Wildman–Crippen LogP) is 5.23. The lowest BCUT2D eigenvalue weighted by atomic mass is 9.73. The van der Waals surface area contributed by atoms with Gasteiger partial charge in [0.15, 0.2) is 0 Å². The number of halogens is 1. The maximum Gasteiger partial charge on any atom is 0.0365 e. The zero-order chi connectivity index (χ0) is 13.1. The molecular formula is C15H24BrNS. The molecule has 102 valence electrons. The van der Waals surface area contributed by atoms with Gasteiger partial charge in [0.25, 0.3) is 0 Å². The van der Waals surface area contributed by atoms with Gasteiger partial charge in [-0.05, 0) is 77.4 Å². The fourth-order valence-electron chi connectivity index (χ4n) is 3.30. The van der Waals surface area contributed by atoms with Crippen LogP contribution >= 0.6 is 27.3 Å². The molecule has 0 aromatic carbocycles. The molecule has 1 nitrogen and oxygen atoms in total. The third kappa shape index (κ3) is 3.17. The highest BCUT2D eigenvalue weighted by molar-refractivity contribution is 9.10. The van der Waals surface area contributed by atoms with Crippen molar-refractivity contribution in [2.45, 2.75) is 45.6 Å². The fourth-order valence-corrected chi connectivity index (χ4v) is 4.88. The molecule has 3 heteroatoms. The van der Waals surface area contributed by atoms with Gasteiger partial charge in [-0.1, -0.05) is 13.8 Å². The quantitative estimate of drug-likeness (QED) is 0.797. The summed E-state index contributed by atoms with van der Waals surface area (Å²) >= 11 is 5.47. The molecule has 2 rings (SSSR count). The first-order valence-corrected chi connectivity index (χ1v) is 8.76. The van der Waals surface area contributed by atoms with Crippen LogP contribution in [-0.4, -0.2) is 7.05 Å². The summed E-state index contributed by atoms with van der Waals surface area (Å²) < 4.78 is 1.28. The molecule has 1 atom stereocenters. The Morgan fingerprint density at radius 3 is 2.22 bits per heavy atom. The molecule has 1 aliphatic carbocycles. The summed E-state index contributed by atoms with van der Waals surface area (Å²) in [7, 11) is 2.10. The summed E-state index contributed by atoms with van der Waals surface area (Å²) in [4.78, 5) is 0. The molecule has 1 heterocycles. The van der Waals surface area contributed by atoms with E-state index in [1.165, 1.54) is 35.7 Å². The van der Waals surface area contributed by atoms with E-state index in [0.29, 0.717) is 6.04 Å². The van der Waals surface area contributed by atoms with E-state index in [1.807, 2.05) is 0 Å². The Hall–Kier alpha value is 0.140. The average molecular weight is 330 g/mol. The molecular weight excluding hydrogens is 306 g/mol. The smallest absolute Gasteiger partial charge is 0.0365 e. The fraction of sp³-hybridized carbons (Fsp3) is 0.733. The largest absolute Gasteiger partial charge is 0.313 e. The highest BCUT2D eigenvalue weighted by atomic mass is 79.9. The monoisotopic (exact) mass is 329 g/mol. The lowest BCUT2D eigenvalue weighted by molar-refractivity contribution is 0.192. The Bertz CT molecular complexity index is 366. The molecule has 1 aromatic rings. The Labute approximate surface area is 123 Å². The van der Waals surface area contributed by atoms with Crippen molar-refractivity contribution in [1.29, 1.82) is 0 Å². The summed E-state index contributed by atoms with van der Waals surface area (Å²) in [6.45, 7) is 4.74. The molecule has 1 fully saturated rings. The van der Waals surface area contributed by atoms with Gasteiger partial charge >= 0.3 is 0 Å². The van der Waals surface area contributed by atoms with E-state index < -0.39 is 0 Å². The zero-order valence-corrected chi connectivity index (χ0v) is 14.0. The van der Waals surface area contributed by atoms with E-state index in [0.717, 1.165) is 17.8 Å². The van der Waals surface area contributed by atoms with Crippen molar-refractivity contribution in [3.8, 4) is 0 Å². The number of hydrogen-bond acceptors (Lipinski definition) is 2. The van der Waals surface area contributed by atoms with Crippen LogP contribution in [0.2, 0.25) is 0 Å². The molecule has 1 N–H and O–H groups in total. The van der Waals surface area contributed by atoms with Crippen LogP contribution in [-0.2, 0) is 0 Å². The van der Waals surface area contributed by atoms with Crippen LogP contribution in [0.1, 0.15) is 51.1 Å². The first kappa shape index (κ1) is 14.5. The van der Waals surface area contributed by atoms with Crippen LogP contribution in [0.4, 0.5) is 0 Å². The average Bonchev–Trinajstić information content (AvgIpc) is 2.78. The van der Waals surface area contributed by atoms with Crippen LogP contribution < -0.4 is 5.32 Å². The SMILES string of the molecule is CNC(c1cscc1Br)C1CCC(C(C)C)CC1. The summed E-state index contributed by atoms with van der Waals surface area (Å²) in [5.74, 6) is 2.60. The maximum atomic E-state index is 3.68. The summed E-state index contributed by atoms with van der Waals surface area (Å²) in [5.41, 5.74) is 1.45. The zero-order valence-electron chi connectivity index (χ0n) is 11.6. The second kappa shape index (κ2) is 6.53. The molecule has 0 radical (unpaired) electrons. The van der Waals surface area contributed by atoms with Gasteiger partial charge in [-0.3, -0.25) is 0 Å². The molecule has 1 aromatic heterocycles. The molecule has 0 amide bonds. The minimum absolute atomic E-state index is 0.527. The van der Waals surface area contributed by atoms with E-state index in [2.05, 4.69) is 52.9 Å². The molecule has 0 bridgehead atoms. The Balaban J connectivity index is 2.01. The van der Waals surface area contributed by atoms with E-state index in [9.17, 15) is 0 Å². The number of rotatable bonds is 4. The van der Waals surface area contributed by atoms with Crippen LogP contribution in [0, 0.1) is 17.8 Å². The van der Waals surface area contributed by atoms with E-state index in [-0.39, 0.29) is 0 Å². The van der Waals surface area contributed by atoms with Crippen molar-refractivity contribution >= 4 is 27.3 Å². The number of hydrogen-bond donors (Lipinski definition) is 1. The number of thiophene rings is 1. The lowest BCUT2D eigenvalue weighted by Crippen LogP contribution is -2.29. The Morgan fingerprint density at radius 1 is 1.17 bits per heavy atom. The highest BCUT2D eigenvalue weighted by Gasteiger charge is 2.29. The standard InChI is InChI=1S/C15H24BrNS/c1-10(2)11-4-6-12(7-5-11)15(17-3)13-8-18-9-14(13)16/h8-12,15,17H,4-7H2,1-3H3. The van der Waals surface area contributed by atoms with E-state index in [1.54, 1.807) is 11.3 Å². The first-order chi connectivity index (χ1) is 8.63. The lowest BCUT2D eigenvalue weighted by Gasteiger charge is -2.35. The van der Waals surface area contributed by atoms with Crippen LogP contribution in [0.15, 0.2) is 15.2 Å². The Kier molecular flexibility index (Phi) is 5.28. The van der Waals surface area contributed by atoms with Gasteiger partial charge in [0.2, 0.25) is 0 Å². The third-order valence-corrected chi connectivity index (χ3v) is 6.27. The summed E-state index contributed by atoms with van der Waals surface area (Å²) in [5, 5.41) is 8.02. The van der Waals surface area contributed by atoms with Crippen LogP contribution in [0.3, 0.4) is 0 Å². The molecule has 1 unspecified atom stereocenters. The predicted molar refractivity (Wildman–Crippen MR) is 84.1 cm³/mol. The van der Waals surface area contributed by atoms with Gasteiger partial charge in [-0.15, -0.1) is 0 Å². The van der Waals surface area contributed by atoms with Gasteiger partial charge in [0.05, 0.1) is 0 Å². The van der Waals surface area contributed by atoms with E-state index in [4.69, 9.17) is 0 Å². The first-order valence-electron chi connectivity index (χ1n) is 7.02. The molecule has 0 spiro atoms. The maximum absolute atomic E-state index is 3.68. The minimum Gasteiger partial charge on any atom is -0.313 e. The second-order valence-electron chi connectivity index (χ2n) is 5.86. The number of nitrogens with one attached hydrogen (secondary N) is 1. The van der Waals surface area contributed by atoms with Crippen molar-refractivity contribution in [3.63, 3.8) is 0 Å². The highest BCUT2D eigenvalue weighted by Crippen LogP contribution is 2.41. The van der Waals surface area contributed by atoms with Crippen molar-refractivity contribution in [3.05, 3.63) is 20.8 Å². The normalized spacial score (nSPS) is 26.5. The molecule has 0 aliphatic heterocycles. The third-order valence-electron chi connectivity index (χ3n) is 4.52. The van der Waals surface area contributed by atoms with Gasteiger partial charge in [0, 0.05) is 15.9 Å². The summed E-state index contributed by atoms with van der Waals surface area (Å²) in [6, 6.07) is 0.527. The Morgan fingerprint density at radius 2 is 1.78 bits per heavy atom. The summed E-state index contributed by atoms with van der Waals surface area (Å²) in [6.07, 6.45) is 5.55. The topological polar surface area (TPSA) is 12.0 Å². The van der Waals surface area contributed by atoms with Crippen molar-refractivity contribution in [1.82, 2.24) is 5.32 Å². The van der Waals surface area contributed by atoms with Gasteiger partial charge in [-0.25, -0.2) is 0 Å². The van der Waals surface area contributed by atoms with Gasteiger partial charge < -0.3 is 5.32 Å². The molecule has 0 saturated heterocycles. The van der Waals surface area contributed by atoms with E-state index >= 15 is 0 Å². The van der Waals surface area contributed by atoms with Crippen molar-refractivity contribution in [2.24, 2.45) is 17.8 Å². The van der Waals surface area contributed by atoms with Crippen molar-refractivity contribution < 1.29 is 0 Å².